The Hall–Kier alpha value is -1.68. The average molecular weight is 270 g/mol. The molecule has 1 aromatic heterocycles. The van der Waals surface area contributed by atoms with E-state index >= 15 is 0 Å². The van der Waals surface area contributed by atoms with Gasteiger partial charge >= 0.3 is 0 Å². The zero-order valence-corrected chi connectivity index (χ0v) is 12.5. The van der Waals surface area contributed by atoms with Crippen molar-refractivity contribution in [1.82, 2.24) is 19.7 Å². The molecule has 4 nitrogen and oxygen atoms in total. The highest BCUT2D eigenvalue weighted by Crippen LogP contribution is 2.29. The van der Waals surface area contributed by atoms with Crippen LogP contribution in [0, 0.1) is 5.41 Å². The van der Waals surface area contributed by atoms with E-state index in [1.165, 1.54) is 6.42 Å². The third-order valence-corrected chi connectivity index (χ3v) is 3.96. The van der Waals surface area contributed by atoms with E-state index in [-0.39, 0.29) is 0 Å². The van der Waals surface area contributed by atoms with Gasteiger partial charge in [0, 0.05) is 19.2 Å². The lowest BCUT2D eigenvalue weighted by molar-refractivity contribution is 0.278. The normalized spacial score (nSPS) is 18.6. The molecular weight excluding hydrogens is 248 g/mol. The van der Waals surface area contributed by atoms with Crippen LogP contribution >= 0.6 is 0 Å². The fourth-order valence-corrected chi connectivity index (χ4v) is 2.90. The Morgan fingerprint density at radius 1 is 1.20 bits per heavy atom. The summed E-state index contributed by atoms with van der Waals surface area (Å²) in [5.41, 5.74) is 1.55. The molecule has 0 amide bonds. The summed E-state index contributed by atoms with van der Waals surface area (Å²) >= 11 is 0. The van der Waals surface area contributed by atoms with Gasteiger partial charge in [-0.25, -0.2) is 9.67 Å². The van der Waals surface area contributed by atoms with E-state index in [9.17, 15) is 0 Å². The Kier molecular flexibility index (Phi) is 3.34. The van der Waals surface area contributed by atoms with Gasteiger partial charge in [0.2, 0.25) is 0 Å². The van der Waals surface area contributed by atoms with Crippen molar-refractivity contribution in [3.63, 3.8) is 0 Å². The molecular formula is C16H22N4. The fraction of sp³-hybridized carbons (Fsp3) is 0.500. The predicted octanol–water partition coefficient (Wildman–Crippen LogP) is 2.71. The van der Waals surface area contributed by atoms with Crippen LogP contribution in [0.5, 0.6) is 0 Å². The van der Waals surface area contributed by atoms with E-state index in [2.05, 4.69) is 36.0 Å². The van der Waals surface area contributed by atoms with E-state index in [4.69, 9.17) is 4.98 Å². The van der Waals surface area contributed by atoms with Gasteiger partial charge in [0.1, 0.15) is 0 Å². The quantitative estimate of drug-likeness (QED) is 0.860. The second-order valence-electron chi connectivity index (χ2n) is 6.47. The molecule has 0 N–H and O–H groups in total. The van der Waals surface area contributed by atoms with Gasteiger partial charge in [-0.1, -0.05) is 44.2 Å². The first-order valence-electron chi connectivity index (χ1n) is 7.21. The van der Waals surface area contributed by atoms with Crippen molar-refractivity contribution in [3.05, 3.63) is 36.2 Å². The van der Waals surface area contributed by atoms with E-state index < -0.39 is 0 Å². The lowest BCUT2D eigenvalue weighted by Crippen LogP contribution is -2.23. The molecule has 1 aliphatic rings. The van der Waals surface area contributed by atoms with Crippen LogP contribution in [-0.2, 0) is 13.6 Å². The maximum Gasteiger partial charge on any atom is 0.165 e. The highest BCUT2D eigenvalue weighted by Gasteiger charge is 2.29. The third-order valence-electron chi connectivity index (χ3n) is 3.96. The van der Waals surface area contributed by atoms with Crippen molar-refractivity contribution in [3.8, 4) is 11.4 Å². The number of nitrogens with zero attached hydrogens (tertiary/aromatic N) is 4. The summed E-state index contributed by atoms with van der Waals surface area (Å²) in [6.45, 7) is 7.78. The molecule has 0 unspecified atom stereocenters. The molecule has 0 bridgehead atoms. The SMILES string of the molecule is Cn1nc(CN2CCC(C)(C)C2)nc1-c1ccccc1. The Morgan fingerprint density at radius 3 is 2.60 bits per heavy atom. The molecule has 0 saturated carbocycles. The van der Waals surface area contributed by atoms with E-state index in [0.717, 1.165) is 36.8 Å². The zero-order chi connectivity index (χ0) is 14.2. The molecule has 1 aromatic carbocycles. The topological polar surface area (TPSA) is 34.0 Å². The number of rotatable bonds is 3. The maximum absolute atomic E-state index is 4.70. The third kappa shape index (κ3) is 2.75. The largest absolute Gasteiger partial charge is 0.295 e. The van der Waals surface area contributed by atoms with Gasteiger partial charge in [-0.2, -0.15) is 5.10 Å². The van der Waals surface area contributed by atoms with Crippen LogP contribution in [0.1, 0.15) is 26.1 Å². The molecule has 4 heteroatoms. The molecule has 1 aliphatic heterocycles. The summed E-state index contributed by atoms with van der Waals surface area (Å²) in [6.07, 6.45) is 1.26. The lowest BCUT2D eigenvalue weighted by atomic mass is 9.93. The molecule has 2 heterocycles. The number of aromatic nitrogens is 3. The summed E-state index contributed by atoms with van der Waals surface area (Å²) in [7, 11) is 1.97. The molecule has 1 saturated heterocycles. The van der Waals surface area contributed by atoms with Crippen LogP contribution < -0.4 is 0 Å². The number of likely N-dealkylation sites (tertiary alicyclic amines) is 1. The van der Waals surface area contributed by atoms with Gasteiger partial charge in [0.15, 0.2) is 11.6 Å². The summed E-state index contributed by atoms with van der Waals surface area (Å²) in [5, 5.41) is 4.56. The van der Waals surface area contributed by atoms with Crippen molar-refractivity contribution >= 4 is 0 Å². The van der Waals surface area contributed by atoms with Crippen molar-refractivity contribution < 1.29 is 0 Å². The van der Waals surface area contributed by atoms with Gasteiger partial charge < -0.3 is 0 Å². The van der Waals surface area contributed by atoms with E-state index in [1.807, 2.05) is 29.9 Å². The number of aryl methyl sites for hydroxylation is 1. The standard InChI is InChI=1S/C16H22N4/c1-16(2)9-10-20(12-16)11-14-17-15(19(3)18-14)13-7-5-4-6-8-13/h4-8H,9-12H2,1-3H3. The smallest absolute Gasteiger partial charge is 0.165 e. The predicted molar refractivity (Wildman–Crippen MR) is 80.1 cm³/mol. The van der Waals surface area contributed by atoms with Crippen molar-refractivity contribution in [1.29, 1.82) is 0 Å². The van der Waals surface area contributed by atoms with Crippen molar-refractivity contribution in [2.75, 3.05) is 13.1 Å². The van der Waals surface area contributed by atoms with Crippen LogP contribution in [-0.4, -0.2) is 32.8 Å². The first kappa shape index (κ1) is 13.3. The van der Waals surface area contributed by atoms with Gasteiger partial charge in [0.05, 0.1) is 6.54 Å². The number of hydrogen-bond donors (Lipinski definition) is 0. The van der Waals surface area contributed by atoms with Crippen molar-refractivity contribution in [2.24, 2.45) is 12.5 Å². The Bertz CT molecular complexity index is 586. The van der Waals surface area contributed by atoms with Crippen molar-refractivity contribution in [2.45, 2.75) is 26.8 Å². The lowest BCUT2D eigenvalue weighted by Gasteiger charge is -2.18. The van der Waals surface area contributed by atoms with Gasteiger partial charge in [0.25, 0.3) is 0 Å². The molecule has 0 atom stereocenters. The van der Waals surface area contributed by atoms with Crippen LogP contribution in [0.4, 0.5) is 0 Å². The first-order chi connectivity index (χ1) is 9.53. The van der Waals surface area contributed by atoms with Crippen LogP contribution in [0.3, 0.4) is 0 Å². The first-order valence-corrected chi connectivity index (χ1v) is 7.21. The number of benzene rings is 1. The summed E-state index contributed by atoms with van der Waals surface area (Å²) in [5.74, 6) is 1.86. The molecule has 106 valence electrons. The molecule has 0 aliphatic carbocycles. The Labute approximate surface area is 120 Å². The highest BCUT2D eigenvalue weighted by molar-refractivity contribution is 5.54. The molecule has 20 heavy (non-hydrogen) atoms. The zero-order valence-electron chi connectivity index (χ0n) is 12.5. The van der Waals surface area contributed by atoms with Crippen LogP contribution in [0.25, 0.3) is 11.4 Å². The van der Waals surface area contributed by atoms with Crippen LogP contribution in [0.2, 0.25) is 0 Å². The summed E-state index contributed by atoms with van der Waals surface area (Å²) in [6, 6.07) is 10.2. The molecule has 0 radical (unpaired) electrons. The molecule has 2 aromatic rings. The van der Waals surface area contributed by atoms with E-state index in [1.54, 1.807) is 0 Å². The summed E-state index contributed by atoms with van der Waals surface area (Å²) < 4.78 is 1.88. The van der Waals surface area contributed by atoms with Gasteiger partial charge in [-0.3, -0.25) is 4.90 Å². The average Bonchev–Trinajstić information content (AvgIpc) is 2.94. The van der Waals surface area contributed by atoms with Gasteiger partial charge in [-0.05, 0) is 18.4 Å². The molecule has 0 spiro atoms. The second kappa shape index (κ2) is 5.02. The minimum Gasteiger partial charge on any atom is -0.295 e. The Morgan fingerprint density at radius 2 is 1.95 bits per heavy atom. The monoisotopic (exact) mass is 270 g/mol. The maximum atomic E-state index is 4.70. The number of hydrogen-bond acceptors (Lipinski definition) is 3. The Balaban J connectivity index is 1.77. The van der Waals surface area contributed by atoms with Crippen LogP contribution in [0.15, 0.2) is 30.3 Å². The minimum absolute atomic E-state index is 0.428. The highest BCUT2D eigenvalue weighted by atomic mass is 15.3. The molecule has 3 rings (SSSR count). The summed E-state index contributed by atoms with van der Waals surface area (Å²) in [4.78, 5) is 7.15. The van der Waals surface area contributed by atoms with E-state index in [0.29, 0.717) is 5.41 Å². The molecule has 1 fully saturated rings. The minimum atomic E-state index is 0.428. The fourth-order valence-electron chi connectivity index (χ4n) is 2.90. The van der Waals surface area contributed by atoms with Gasteiger partial charge in [-0.15, -0.1) is 0 Å². The second-order valence-corrected chi connectivity index (χ2v) is 6.47.